The lowest BCUT2D eigenvalue weighted by Crippen LogP contribution is -2.38. The van der Waals surface area contributed by atoms with Gasteiger partial charge >= 0.3 is 5.69 Å². The fourth-order valence-corrected chi connectivity index (χ4v) is 2.87. The zero-order chi connectivity index (χ0) is 21.3. The number of oxime groups is 1. The van der Waals surface area contributed by atoms with Crippen LogP contribution in [0, 0.1) is 29.2 Å². The molecule has 0 fully saturated rings. The number of nitrogens with zero attached hydrogens (tertiary/aromatic N) is 3. The van der Waals surface area contributed by atoms with Crippen LogP contribution in [-0.2, 0) is 0 Å². The number of benzene rings is 1. The van der Waals surface area contributed by atoms with Gasteiger partial charge in [0.1, 0.15) is 10.6 Å². The van der Waals surface area contributed by atoms with Crippen LogP contribution in [-0.4, -0.2) is 32.1 Å². The number of phenols is 2. The van der Waals surface area contributed by atoms with Crippen LogP contribution in [0.25, 0.3) is 0 Å². The van der Waals surface area contributed by atoms with Gasteiger partial charge in [0.15, 0.2) is 11.6 Å². The van der Waals surface area contributed by atoms with Gasteiger partial charge in [0.25, 0.3) is 11.1 Å². The number of hydrogen-bond donors (Lipinski definition) is 4. The van der Waals surface area contributed by atoms with Crippen molar-refractivity contribution in [3.63, 3.8) is 0 Å². The molecule has 0 aliphatic carbocycles. The maximum Gasteiger partial charge on any atom is 0.315 e. The van der Waals surface area contributed by atoms with Crippen LogP contribution in [0.1, 0.15) is 27.2 Å². The van der Waals surface area contributed by atoms with Crippen LogP contribution in [0.3, 0.4) is 0 Å². The summed E-state index contributed by atoms with van der Waals surface area (Å²) in [5.41, 5.74) is -1.23. The van der Waals surface area contributed by atoms with E-state index in [2.05, 4.69) is 10.5 Å². The Morgan fingerprint density at radius 3 is 2.43 bits per heavy atom. The van der Waals surface area contributed by atoms with Gasteiger partial charge in [-0.25, -0.2) is 0 Å². The summed E-state index contributed by atoms with van der Waals surface area (Å²) in [5, 5.41) is 55.9. The van der Waals surface area contributed by atoms with Gasteiger partial charge in [-0.3, -0.25) is 14.9 Å². The summed E-state index contributed by atoms with van der Waals surface area (Å²) in [6.45, 7) is 2.87. The van der Waals surface area contributed by atoms with Gasteiger partial charge in [0.05, 0.1) is 10.5 Å². The second kappa shape index (κ2) is 7.74. The van der Waals surface area contributed by atoms with Gasteiger partial charge in [0.2, 0.25) is 11.4 Å². The standard InChI is InChI=1S/C15H12Cl2N4O7/c1-5-10(13(17)20(26)6(2)11(5)16)14(19-25)18-15(24)7-3-8(21(27)28)12(23)9(22)4-7/h3-4,22-23,25H,1-2H3,(H,18,19,24). The van der Waals surface area contributed by atoms with Crippen molar-refractivity contribution in [2.75, 3.05) is 0 Å². The van der Waals surface area contributed by atoms with Crippen LogP contribution in [0.15, 0.2) is 17.3 Å². The van der Waals surface area contributed by atoms with E-state index in [0.717, 1.165) is 6.07 Å². The lowest BCUT2D eigenvalue weighted by Gasteiger charge is -2.14. The molecule has 13 heteroatoms. The number of nitrogens with one attached hydrogen (secondary N) is 1. The first-order valence-corrected chi connectivity index (χ1v) is 8.08. The highest BCUT2D eigenvalue weighted by Gasteiger charge is 2.28. The van der Waals surface area contributed by atoms with E-state index in [1.807, 2.05) is 0 Å². The third kappa shape index (κ3) is 3.57. The molecule has 0 bridgehead atoms. The number of carbonyl (C=O) groups excluding carboxylic acids is 1. The molecule has 2 rings (SSSR count). The first-order chi connectivity index (χ1) is 13.0. The van der Waals surface area contributed by atoms with Gasteiger partial charge in [-0.15, -0.1) is 0 Å². The third-order valence-electron chi connectivity index (χ3n) is 3.81. The van der Waals surface area contributed by atoms with Crippen molar-refractivity contribution < 1.29 is 29.9 Å². The Bertz CT molecular complexity index is 1010. The topological polar surface area (TPSA) is 172 Å². The van der Waals surface area contributed by atoms with Crippen LogP contribution in [0.5, 0.6) is 11.5 Å². The normalized spacial score (nSPS) is 11.4. The van der Waals surface area contributed by atoms with E-state index in [0.29, 0.717) is 6.07 Å². The fourth-order valence-electron chi connectivity index (χ4n) is 2.34. The molecule has 4 N–H and O–H groups in total. The molecule has 1 amide bonds. The van der Waals surface area contributed by atoms with E-state index < -0.39 is 44.6 Å². The van der Waals surface area contributed by atoms with E-state index >= 15 is 0 Å². The number of aromatic nitrogens is 1. The minimum absolute atomic E-state index is 0.0164. The number of nitro benzene ring substituents is 1. The molecule has 0 saturated carbocycles. The molecule has 0 aliphatic rings. The molecule has 0 atom stereocenters. The lowest BCUT2D eigenvalue weighted by atomic mass is 10.1. The summed E-state index contributed by atoms with van der Waals surface area (Å²) in [4.78, 5) is 22.3. The number of phenolic OH excluding ortho intramolecular Hbond substituents is 2. The average Bonchev–Trinajstić information content (AvgIpc) is 2.65. The smallest absolute Gasteiger partial charge is 0.315 e. The number of hydrogen-bond acceptors (Lipinski definition) is 8. The van der Waals surface area contributed by atoms with Gasteiger partial charge < -0.3 is 25.9 Å². The number of nitro groups is 1. The van der Waals surface area contributed by atoms with Crippen molar-refractivity contribution >= 4 is 40.6 Å². The Kier molecular flexibility index (Phi) is 5.81. The molecule has 1 aromatic heterocycles. The average molecular weight is 431 g/mol. The Morgan fingerprint density at radius 2 is 1.89 bits per heavy atom. The van der Waals surface area contributed by atoms with Crippen molar-refractivity contribution in [3.8, 4) is 11.5 Å². The molecule has 11 nitrogen and oxygen atoms in total. The van der Waals surface area contributed by atoms with Crippen LogP contribution < -0.4 is 10.0 Å². The predicted molar refractivity (Wildman–Crippen MR) is 97.1 cm³/mol. The zero-order valence-corrected chi connectivity index (χ0v) is 15.7. The predicted octanol–water partition coefficient (Wildman–Crippen LogP) is 2.13. The minimum Gasteiger partial charge on any atom is -0.617 e. The SMILES string of the molecule is Cc1c(Cl)c(C)[n+]([O-])c(Cl)c1/C(=N\O)NC(=O)c1cc(O)c(O)c([N+](=O)[O-])c1. The third-order valence-corrected chi connectivity index (χ3v) is 4.71. The summed E-state index contributed by atoms with van der Waals surface area (Å²) in [5.74, 6) is -3.55. The molecule has 0 unspecified atom stereocenters. The van der Waals surface area contributed by atoms with Crippen molar-refractivity contribution in [2.24, 2.45) is 5.16 Å². The van der Waals surface area contributed by atoms with Crippen molar-refractivity contribution in [3.05, 3.63) is 60.0 Å². The maximum absolute atomic E-state index is 12.4. The Morgan fingerprint density at radius 1 is 1.29 bits per heavy atom. The van der Waals surface area contributed by atoms with E-state index in [9.17, 15) is 35.5 Å². The Balaban J connectivity index is 2.51. The molecule has 0 aliphatic heterocycles. The van der Waals surface area contributed by atoms with Crippen molar-refractivity contribution in [2.45, 2.75) is 13.8 Å². The van der Waals surface area contributed by atoms with E-state index in [4.69, 9.17) is 23.2 Å². The summed E-state index contributed by atoms with van der Waals surface area (Å²) >= 11 is 12.0. The molecule has 0 radical (unpaired) electrons. The number of aromatic hydroxyl groups is 2. The monoisotopic (exact) mass is 430 g/mol. The molecule has 148 valence electrons. The number of carbonyl (C=O) groups is 1. The first kappa shape index (κ1) is 21.0. The number of amidine groups is 1. The second-order valence-electron chi connectivity index (χ2n) is 5.51. The van der Waals surface area contributed by atoms with Crippen molar-refractivity contribution in [1.29, 1.82) is 0 Å². The molecule has 2 aromatic rings. The van der Waals surface area contributed by atoms with Crippen molar-refractivity contribution in [1.82, 2.24) is 5.32 Å². The maximum atomic E-state index is 12.4. The molecule has 0 spiro atoms. The van der Waals surface area contributed by atoms with Crippen LogP contribution in [0.4, 0.5) is 5.69 Å². The van der Waals surface area contributed by atoms with E-state index in [1.165, 1.54) is 13.8 Å². The molecule has 1 heterocycles. The minimum atomic E-state index is -1.06. The number of rotatable bonds is 3. The fraction of sp³-hybridized carbons (Fsp3) is 0.133. The number of halogens is 2. The molecule has 0 saturated heterocycles. The summed E-state index contributed by atoms with van der Waals surface area (Å²) in [6, 6.07) is 1.46. The first-order valence-electron chi connectivity index (χ1n) is 7.33. The highest BCUT2D eigenvalue weighted by molar-refractivity contribution is 6.35. The highest BCUT2D eigenvalue weighted by atomic mass is 35.5. The largest absolute Gasteiger partial charge is 0.617 e. The zero-order valence-electron chi connectivity index (χ0n) is 14.2. The highest BCUT2D eigenvalue weighted by Crippen LogP contribution is 2.36. The molecule has 1 aromatic carbocycles. The number of amides is 1. The van der Waals surface area contributed by atoms with E-state index in [1.54, 1.807) is 0 Å². The lowest BCUT2D eigenvalue weighted by molar-refractivity contribution is -0.610. The molecular weight excluding hydrogens is 419 g/mol. The quantitative estimate of drug-likeness (QED) is 0.0663. The Hall–Kier alpha value is -3.31. The van der Waals surface area contributed by atoms with Gasteiger partial charge in [-0.1, -0.05) is 16.8 Å². The van der Waals surface area contributed by atoms with Gasteiger partial charge in [-0.05, 0) is 30.2 Å². The van der Waals surface area contributed by atoms with Gasteiger partial charge in [-0.2, -0.15) is 4.73 Å². The molecule has 28 heavy (non-hydrogen) atoms. The number of pyridine rings is 1. The summed E-state index contributed by atoms with van der Waals surface area (Å²) in [6.07, 6.45) is 0. The molecular formula is C15H12Cl2N4O7. The second-order valence-corrected chi connectivity index (χ2v) is 6.24. The van der Waals surface area contributed by atoms with Gasteiger partial charge in [0, 0.05) is 13.0 Å². The summed E-state index contributed by atoms with van der Waals surface area (Å²) < 4.78 is 0.265. The summed E-state index contributed by atoms with van der Waals surface area (Å²) in [7, 11) is 0. The van der Waals surface area contributed by atoms with Crippen LogP contribution in [0.2, 0.25) is 10.2 Å². The Labute approximate surface area is 166 Å². The van der Waals surface area contributed by atoms with Crippen LogP contribution >= 0.6 is 23.2 Å². The van der Waals surface area contributed by atoms with E-state index in [-0.39, 0.29) is 26.6 Å².